The lowest BCUT2D eigenvalue weighted by Crippen LogP contribution is -2.47. The van der Waals surface area contributed by atoms with Crippen molar-refractivity contribution in [1.29, 1.82) is 0 Å². The van der Waals surface area contributed by atoms with Crippen LogP contribution in [0.25, 0.3) is 0 Å². The maximum absolute atomic E-state index is 5.87. The normalized spacial score (nSPS) is 27.9. The lowest BCUT2D eigenvalue weighted by Gasteiger charge is -2.35. The Kier molecular flexibility index (Phi) is 4.76. The van der Waals surface area contributed by atoms with Crippen LogP contribution < -0.4 is 5.32 Å². The maximum atomic E-state index is 5.87. The first-order valence-electron chi connectivity index (χ1n) is 6.90. The molecule has 4 heteroatoms. The van der Waals surface area contributed by atoms with E-state index in [1.807, 2.05) is 11.3 Å². The maximum Gasteiger partial charge on any atom is 0.0619 e. The van der Waals surface area contributed by atoms with E-state index in [-0.39, 0.29) is 11.0 Å². The zero-order valence-electron chi connectivity index (χ0n) is 12.3. The third-order valence-corrected chi connectivity index (χ3v) is 5.65. The van der Waals surface area contributed by atoms with Gasteiger partial charge in [0.2, 0.25) is 0 Å². The summed E-state index contributed by atoms with van der Waals surface area (Å²) in [6.45, 7) is 10.8. The minimum absolute atomic E-state index is 0.158. The summed E-state index contributed by atoms with van der Waals surface area (Å²) in [6, 6.07) is 2.24. The topological polar surface area (TPSA) is 21.3 Å². The summed E-state index contributed by atoms with van der Waals surface area (Å²) in [6.07, 6.45) is 2.57. The molecule has 108 valence electrons. The van der Waals surface area contributed by atoms with Gasteiger partial charge in [-0.05, 0) is 62.5 Å². The second-order valence-corrected chi connectivity index (χ2v) is 8.55. The van der Waals surface area contributed by atoms with E-state index in [0.29, 0.717) is 6.10 Å². The molecule has 2 rings (SSSR count). The number of hydrogen-bond acceptors (Lipinski definition) is 3. The van der Waals surface area contributed by atoms with Crippen molar-refractivity contribution in [3.8, 4) is 0 Å². The molecule has 19 heavy (non-hydrogen) atoms. The highest BCUT2D eigenvalue weighted by molar-refractivity contribution is 9.10. The quantitative estimate of drug-likeness (QED) is 0.881. The van der Waals surface area contributed by atoms with Crippen molar-refractivity contribution in [2.75, 3.05) is 13.2 Å². The molecule has 1 N–H and O–H groups in total. The average molecular weight is 346 g/mol. The molecule has 0 aromatic carbocycles. The van der Waals surface area contributed by atoms with E-state index < -0.39 is 0 Å². The molecular formula is C15H24BrNOS. The van der Waals surface area contributed by atoms with Crippen LogP contribution in [0.1, 0.15) is 39.0 Å². The summed E-state index contributed by atoms with van der Waals surface area (Å²) in [4.78, 5) is 1.44. The van der Waals surface area contributed by atoms with Gasteiger partial charge in [-0.3, -0.25) is 0 Å². The Morgan fingerprint density at radius 2 is 2.26 bits per heavy atom. The Morgan fingerprint density at radius 1 is 1.53 bits per heavy atom. The van der Waals surface area contributed by atoms with Gasteiger partial charge in [-0.15, -0.1) is 11.3 Å². The zero-order chi connectivity index (χ0) is 14.1. The lowest BCUT2D eigenvalue weighted by atomic mass is 9.77. The van der Waals surface area contributed by atoms with Gasteiger partial charge in [0.05, 0.1) is 6.10 Å². The van der Waals surface area contributed by atoms with Gasteiger partial charge in [-0.2, -0.15) is 0 Å². The average Bonchev–Trinajstić information content (AvgIpc) is 2.84. The van der Waals surface area contributed by atoms with E-state index in [9.17, 15) is 0 Å². The van der Waals surface area contributed by atoms with Crippen LogP contribution in [0.2, 0.25) is 0 Å². The van der Waals surface area contributed by atoms with E-state index in [2.05, 4.69) is 60.4 Å². The summed E-state index contributed by atoms with van der Waals surface area (Å²) >= 11 is 5.39. The van der Waals surface area contributed by atoms with Crippen molar-refractivity contribution in [2.24, 2.45) is 5.41 Å². The van der Waals surface area contributed by atoms with Gasteiger partial charge in [0.25, 0.3) is 0 Å². The van der Waals surface area contributed by atoms with Crippen LogP contribution in [0.3, 0.4) is 0 Å². The van der Waals surface area contributed by atoms with Crippen LogP contribution in [-0.2, 0) is 11.2 Å². The van der Waals surface area contributed by atoms with Crippen LogP contribution in [0.4, 0.5) is 0 Å². The monoisotopic (exact) mass is 345 g/mol. The Hall–Kier alpha value is 0.1000. The summed E-state index contributed by atoms with van der Waals surface area (Å²) in [5, 5.41) is 5.84. The fourth-order valence-electron chi connectivity index (χ4n) is 2.58. The van der Waals surface area contributed by atoms with Crippen molar-refractivity contribution in [3.05, 3.63) is 20.8 Å². The van der Waals surface area contributed by atoms with Crippen LogP contribution >= 0.6 is 27.3 Å². The molecule has 1 fully saturated rings. The van der Waals surface area contributed by atoms with E-state index in [1.54, 1.807) is 0 Å². The summed E-state index contributed by atoms with van der Waals surface area (Å²) < 4.78 is 7.06. The van der Waals surface area contributed by atoms with Crippen molar-refractivity contribution in [1.82, 2.24) is 5.32 Å². The lowest BCUT2D eigenvalue weighted by molar-refractivity contribution is 0.0602. The number of rotatable bonds is 4. The molecule has 1 aliphatic heterocycles. The molecular weight excluding hydrogens is 322 g/mol. The number of nitrogens with one attached hydrogen (secondary N) is 1. The van der Waals surface area contributed by atoms with Crippen molar-refractivity contribution < 1.29 is 4.74 Å². The van der Waals surface area contributed by atoms with Crippen LogP contribution in [0, 0.1) is 5.41 Å². The minimum atomic E-state index is 0.158. The second-order valence-electron chi connectivity index (χ2n) is 6.64. The number of halogens is 1. The largest absolute Gasteiger partial charge is 0.378 e. The summed E-state index contributed by atoms with van der Waals surface area (Å²) in [5.74, 6) is 0. The van der Waals surface area contributed by atoms with E-state index in [0.717, 1.165) is 26.0 Å². The molecule has 1 aromatic rings. The third kappa shape index (κ3) is 4.03. The van der Waals surface area contributed by atoms with E-state index in [1.165, 1.54) is 9.35 Å². The first kappa shape index (κ1) is 15.5. The molecule has 0 aliphatic carbocycles. The highest BCUT2D eigenvalue weighted by Crippen LogP contribution is 2.39. The van der Waals surface area contributed by atoms with Crippen LogP contribution in [-0.4, -0.2) is 24.8 Å². The highest BCUT2D eigenvalue weighted by Gasteiger charge is 2.42. The highest BCUT2D eigenvalue weighted by atomic mass is 79.9. The fourth-order valence-corrected chi connectivity index (χ4v) is 4.19. The third-order valence-electron chi connectivity index (χ3n) is 3.95. The molecule has 1 saturated heterocycles. The van der Waals surface area contributed by atoms with Gasteiger partial charge in [0.15, 0.2) is 0 Å². The molecule has 1 aromatic heterocycles. The SMILES string of the molecule is CC1OCCC1(CNC(C)(C)C)Cc1cc(Br)cs1. The Labute approximate surface area is 129 Å². The number of thiophene rings is 1. The van der Waals surface area contributed by atoms with Crippen molar-refractivity contribution in [2.45, 2.75) is 52.2 Å². The molecule has 2 atom stereocenters. The molecule has 0 spiro atoms. The van der Waals surface area contributed by atoms with Gasteiger partial charge >= 0.3 is 0 Å². The Morgan fingerprint density at radius 3 is 2.74 bits per heavy atom. The number of hydrogen-bond donors (Lipinski definition) is 1. The molecule has 0 radical (unpaired) electrons. The Bertz CT molecular complexity index is 426. The van der Waals surface area contributed by atoms with Crippen molar-refractivity contribution in [3.63, 3.8) is 0 Å². The molecule has 0 bridgehead atoms. The fraction of sp³-hybridized carbons (Fsp3) is 0.733. The van der Waals surface area contributed by atoms with Crippen LogP contribution in [0.15, 0.2) is 15.9 Å². The standard InChI is InChI=1S/C15H24BrNOS/c1-11-15(5-6-18-11,10-17-14(2,3)4)8-13-7-12(16)9-19-13/h7,9,11,17H,5-6,8,10H2,1-4H3. The molecule has 2 nitrogen and oxygen atoms in total. The second kappa shape index (κ2) is 5.84. The van der Waals surface area contributed by atoms with Gasteiger partial charge in [0.1, 0.15) is 0 Å². The van der Waals surface area contributed by atoms with Gasteiger partial charge in [-0.25, -0.2) is 0 Å². The zero-order valence-corrected chi connectivity index (χ0v) is 14.7. The van der Waals surface area contributed by atoms with E-state index in [4.69, 9.17) is 4.74 Å². The van der Waals surface area contributed by atoms with Gasteiger partial charge in [-0.1, -0.05) is 0 Å². The summed E-state index contributed by atoms with van der Waals surface area (Å²) in [7, 11) is 0. The molecule has 0 amide bonds. The smallest absolute Gasteiger partial charge is 0.0619 e. The van der Waals surface area contributed by atoms with Gasteiger partial charge in [0, 0.05) is 38.8 Å². The summed E-state index contributed by atoms with van der Waals surface area (Å²) in [5.41, 5.74) is 0.392. The first-order valence-corrected chi connectivity index (χ1v) is 8.58. The minimum Gasteiger partial charge on any atom is -0.378 e. The van der Waals surface area contributed by atoms with E-state index >= 15 is 0 Å². The van der Waals surface area contributed by atoms with Crippen molar-refractivity contribution >= 4 is 27.3 Å². The van der Waals surface area contributed by atoms with Gasteiger partial charge < -0.3 is 10.1 Å². The predicted octanol–water partition coefficient (Wildman–Crippen LogP) is 4.24. The molecule has 0 saturated carbocycles. The molecule has 2 heterocycles. The molecule has 2 unspecified atom stereocenters. The predicted molar refractivity (Wildman–Crippen MR) is 85.9 cm³/mol. The first-order chi connectivity index (χ1) is 8.81. The Balaban J connectivity index is 2.11. The molecule has 1 aliphatic rings. The number of ether oxygens (including phenoxy) is 1. The van der Waals surface area contributed by atoms with Crippen LogP contribution in [0.5, 0.6) is 0 Å².